The standard InChI is InChI=1S/C20H26N2O3/c1-4-18(16-9-11-17(24-3)12-10-16)22-20(23)21-13-14-25-19-8-6-5-7-15(19)2/h5-12,18H,4,13-14H2,1-3H3,(H2,21,22,23). The number of hydrogen-bond donors (Lipinski definition) is 2. The van der Waals surface area contributed by atoms with E-state index in [1.165, 1.54) is 0 Å². The van der Waals surface area contributed by atoms with Crippen LogP contribution in [0.2, 0.25) is 0 Å². The van der Waals surface area contributed by atoms with Gasteiger partial charge in [0.25, 0.3) is 0 Å². The Kier molecular flexibility index (Phi) is 7.14. The maximum Gasteiger partial charge on any atom is 0.315 e. The first kappa shape index (κ1) is 18.6. The third kappa shape index (κ3) is 5.71. The molecule has 1 unspecified atom stereocenters. The number of para-hydroxylation sites is 1. The van der Waals surface area contributed by atoms with E-state index < -0.39 is 0 Å². The number of urea groups is 1. The number of hydrogen-bond acceptors (Lipinski definition) is 3. The second-order valence-electron chi connectivity index (χ2n) is 5.75. The molecule has 0 aliphatic heterocycles. The first-order valence-electron chi connectivity index (χ1n) is 8.50. The van der Waals surface area contributed by atoms with Crippen LogP contribution in [0, 0.1) is 6.92 Å². The molecule has 0 saturated carbocycles. The summed E-state index contributed by atoms with van der Waals surface area (Å²) in [5.74, 6) is 1.64. The molecule has 0 saturated heterocycles. The molecule has 0 aliphatic carbocycles. The van der Waals surface area contributed by atoms with Gasteiger partial charge in [-0.2, -0.15) is 0 Å². The monoisotopic (exact) mass is 342 g/mol. The molecule has 25 heavy (non-hydrogen) atoms. The van der Waals surface area contributed by atoms with Crippen molar-refractivity contribution in [2.45, 2.75) is 26.3 Å². The van der Waals surface area contributed by atoms with E-state index in [2.05, 4.69) is 10.6 Å². The molecule has 5 heteroatoms. The number of carbonyl (C=O) groups excluding carboxylic acids is 1. The fourth-order valence-corrected chi connectivity index (χ4v) is 2.51. The Labute approximate surface area is 149 Å². The minimum absolute atomic E-state index is 0.0387. The molecular weight excluding hydrogens is 316 g/mol. The Morgan fingerprint density at radius 2 is 1.84 bits per heavy atom. The SMILES string of the molecule is CCC(NC(=O)NCCOc1ccccc1C)c1ccc(OC)cc1. The highest BCUT2D eigenvalue weighted by atomic mass is 16.5. The number of methoxy groups -OCH3 is 1. The molecule has 2 rings (SSSR count). The summed E-state index contributed by atoms with van der Waals surface area (Å²) in [4.78, 5) is 12.1. The van der Waals surface area contributed by atoms with Gasteiger partial charge in [-0.05, 0) is 42.7 Å². The zero-order chi connectivity index (χ0) is 18.1. The van der Waals surface area contributed by atoms with Crippen molar-refractivity contribution in [3.05, 3.63) is 59.7 Å². The fraction of sp³-hybridized carbons (Fsp3) is 0.350. The summed E-state index contributed by atoms with van der Waals surface area (Å²) in [6.45, 7) is 4.91. The molecule has 134 valence electrons. The lowest BCUT2D eigenvalue weighted by atomic mass is 10.0. The van der Waals surface area contributed by atoms with Crippen molar-refractivity contribution in [1.82, 2.24) is 10.6 Å². The smallest absolute Gasteiger partial charge is 0.315 e. The van der Waals surface area contributed by atoms with Crippen molar-refractivity contribution in [3.8, 4) is 11.5 Å². The molecule has 0 fully saturated rings. The highest BCUT2D eigenvalue weighted by Gasteiger charge is 2.12. The molecule has 2 N–H and O–H groups in total. The maximum atomic E-state index is 12.1. The van der Waals surface area contributed by atoms with Crippen molar-refractivity contribution in [2.24, 2.45) is 0 Å². The second-order valence-corrected chi connectivity index (χ2v) is 5.75. The first-order chi connectivity index (χ1) is 12.1. The summed E-state index contributed by atoms with van der Waals surface area (Å²) in [6, 6.07) is 15.3. The molecule has 1 atom stereocenters. The average molecular weight is 342 g/mol. The number of nitrogens with one attached hydrogen (secondary N) is 2. The minimum atomic E-state index is -0.198. The van der Waals surface area contributed by atoms with Gasteiger partial charge in [0, 0.05) is 0 Å². The predicted octanol–water partition coefficient (Wildman–Crippen LogP) is 3.83. The Balaban J connectivity index is 1.77. The van der Waals surface area contributed by atoms with Gasteiger partial charge in [0.1, 0.15) is 18.1 Å². The van der Waals surface area contributed by atoms with Gasteiger partial charge in [-0.25, -0.2) is 4.79 Å². The van der Waals surface area contributed by atoms with Crippen molar-refractivity contribution in [3.63, 3.8) is 0 Å². The Hall–Kier alpha value is -2.69. The summed E-state index contributed by atoms with van der Waals surface area (Å²) >= 11 is 0. The molecule has 2 amide bonds. The van der Waals surface area contributed by atoms with Gasteiger partial charge in [-0.3, -0.25) is 0 Å². The molecule has 0 spiro atoms. The van der Waals surface area contributed by atoms with Crippen LogP contribution in [0.15, 0.2) is 48.5 Å². The van der Waals surface area contributed by atoms with Crippen LogP contribution < -0.4 is 20.1 Å². The largest absolute Gasteiger partial charge is 0.497 e. The number of rotatable bonds is 8. The zero-order valence-electron chi connectivity index (χ0n) is 15.0. The summed E-state index contributed by atoms with van der Waals surface area (Å²) in [7, 11) is 1.64. The summed E-state index contributed by atoms with van der Waals surface area (Å²) < 4.78 is 10.8. The Morgan fingerprint density at radius 1 is 1.12 bits per heavy atom. The van der Waals surface area contributed by atoms with Crippen LogP contribution in [0.5, 0.6) is 11.5 Å². The van der Waals surface area contributed by atoms with Crippen molar-refractivity contribution >= 4 is 6.03 Å². The maximum absolute atomic E-state index is 12.1. The van der Waals surface area contributed by atoms with E-state index >= 15 is 0 Å². The summed E-state index contributed by atoms with van der Waals surface area (Å²) in [5, 5.41) is 5.81. The van der Waals surface area contributed by atoms with Crippen LogP contribution in [0.1, 0.15) is 30.5 Å². The van der Waals surface area contributed by atoms with Crippen LogP contribution in [0.25, 0.3) is 0 Å². The number of amides is 2. The lowest BCUT2D eigenvalue weighted by molar-refractivity contribution is 0.232. The zero-order valence-corrected chi connectivity index (χ0v) is 15.0. The Morgan fingerprint density at radius 3 is 2.48 bits per heavy atom. The van der Waals surface area contributed by atoms with Crippen molar-refractivity contribution < 1.29 is 14.3 Å². The normalized spacial score (nSPS) is 11.5. The quantitative estimate of drug-likeness (QED) is 0.717. The molecule has 0 bridgehead atoms. The lowest BCUT2D eigenvalue weighted by Gasteiger charge is -2.18. The van der Waals surface area contributed by atoms with E-state index in [4.69, 9.17) is 9.47 Å². The van der Waals surface area contributed by atoms with E-state index in [1.807, 2.05) is 62.4 Å². The van der Waals surface area contributed by atoms with Gasteiger partial charge in [0.15, 0.2) is 0 Å². The number of carbonyl (C=O) groups is 1. The number of benzene rings is 2. The molecule has 0 aliphatic rings. The van der Waals surface area contributed by atoms with Crippen LogP contribution in [-0.4, -0.2) is 26.3 Å². The number of ether oxygens (including phenoxy) is 2. The van der Waals surface area contributed by atoms with Crippen LogP contribution in [0.4, 0.5) is 4.79 Å². The molecule has 2 aromatic carbocycles. The summed E-state index contributed by atoms with van der Waals surface area (Å²) in [6.07, 6.45) is 0.805. The molecule has 0 heterocycles. The number of aryl methyl sites for hydroxylation is 1. The highest BCUT2D eigenvalue weighted by Crippen LogP contribution is 2.20. The third-order valence-corrected chi connectivity index (χ3v) is 3.97. The fourth-order valence-electron chi connectivity index (χ4n) is 2.51. The van der Waals surface area contributed by atoms with Crippen molar-refractivity contribution in [1.29, 1.82) is 0 Å². The van der Waals surface area contributed by atoms with E-state index in [0.717, 1.165) is 29.0 Å². The van der Waals surface area contributed by atoms with Gasteiger partial charge in [0.2, 0.25) is 0 Å². The van der Waals surface area contributed by atoms with Gasteiger partial charge < -0.3 is 20.1 Å². The van der Waals surface area contributed by atoms with E-state index in [1.54, 1.807) is 7.11 Å². The van der Waals surface area contributed by atoms with E-state index in [0.29, 0.717) is 13.2 Å². The van der Waals surface area contributed by atoms with Crippen LogP contribution in [0.3, 0.4) is 0 Å². The topological polar surface area (TPSA) is 59.6 Å². The van der Waals surface area contributed by atoms with Crippen LogP contribution in [-0.2, 0) is 0 Å². The second kappa shape index (κ2) is 9.57. The van der Waals surface area contributed by atoms with Crippen LogP contribution >= 0.6 is 0 Å². The molecule has 2 aromatic rings. The predicted molar refractivity (Wildman–Crippen MR) is 99.2 cm³/mol. The van der Waals surface area contributed by atoms with Crippen molar-refractivity contribution in [2.75, 3.05) is 20.3 Å². The molecule has 0 aromatic heterocycles. The third-order valence-electron chi connectivity index (χ3n) is 3.97. The van der Waals surface area contributed by atoms with Gasteiger partial charge in [-0.1, -0.05) is 37.3 Å². The molecule has 5 nitrogen and oxygen atoms in total. The van der Waals surface area contributed by atoms with E-state index in [-0.39, 0.29) is 12.1 Å². The molecule has 0 radical (unpaired) electrons. The van der Waals surface area contributed by atoms with Gasteiger partial charge in [0.05, 0.1) is 19.7 Å². The lowest BCUT2D eigenvalue weighted by Crippen LogP contribution is -2.39. The minimum Gasteiger partial charge on any atom is -0.497 e. The van der Waals surface area contributed by atoms with Gasteiger partial charge in [-0.15, -0.1) is 0 Å². The molecular formula is C20H26N2O3. The Bertz CT molecular complexity index is 671. The summed E-state index contributed by atoms with van der Waals surface area (Å²) in [5.41, 5.74) is 2.13. The van der Waals surface area contributed by atoms with E-state index in [9.17, 15) is 4.79 Å². The first-order valence-corrected chi connectivity index (χ1v) is 8.50. The van der Waals surface area contributed by atoms with Gasteiger partial charge >= 0.3 is 6.03 Å². The highest BCUT2D eigenvalue weighted by molar-refractivity contribution is 5.74. The average Bonchev–Trinajstić information content (AvgIpc) is 2.64.